The lowest BCUT2D eigenvalue weighted by Crippen LogP contribution is -2.25. The molecule has 0 heterocycles. The summed E-state index contributed by atoms with van der Waals surface area (Å²) in [5.74, 6) is 0.0831. The van der Waals surface area contributed by atoms with Gasteiger partial charge < -0.3 is 4.90 Å². The first kappa shape index (κ1) is 13.6. The number of carbonyl (C=O) groups excluding carboxylic acids is 1. The Morgan fingerprint density at radius 2 is 1.63 bits per heavy atom. The van der Waals surface area contributed by atoms with Crippen LogP contribution in [-0.4, -0.2) is 19.4 Å². The number of hydrogen-bond acceptors (Lipinski definition) is 2. The Balaban J connectivity index is 2.06. The number of likely N-dealkylation sites (N-methyl/N-ethyl adjacent to an activating group) is 1. The fourth-order valence-electron chi connectivity index (χ4n) is 1.83. The molecule has 0 saturated heterocycles. The molecule has 2 rings (SSSR count). The number of nitrogens with zero attached hydrogens (tertiary/aromatic N) is 1. The quantitative estimate of drug-likeness (QED) is 0.786. The molecular formula is C16H16ClNO. The molecule has 0 aliphatic carbocycles. The number of carbonyl (C=O) groups is 1. The Morgan fingerprint density at radius 1 is 1.05 bits per heavy atom. The maximum absolute atomic E-state index is 12.1. The molecular weight excluding hydrogens is 258 g/mol. The van der Waals surface area contributed by atoms with E-state index in [0.717, 1.165) is 5.69 Å². The SMILES string of the molecule is Cc1ccc(N(C)CC(=O)c2ccc(Cl)cc2)cc1. The average Bonchev–Trinajstić information content (AvgIpc) is 2.40. The van der Waals surface area contributed by atoms with E-state index >= 15 is 0 Å². The zero-order valence-electron chi connectivity index (χ0n) is 11.1. The van der Waals surface area contributed by atoms with Gasteiger partial charge in [0.1, 0.15) is 0 Å². The van der Waals surface area contributed by atoms with E-state index in [4.69, 9.17) is 11.6 Å². The first-order valence-electron chi connectivity index (χ1n) is 6.13. The van der Waals surface area contributed by atoms with Crippen LogP contribution in [0.3, 0.4) is 0 Å². The van der Waals surface area contributed by atoms with Gasteiger partial charge in [-0.3, -0.25) is 4.79 Å². The van der Waals surface area contributed by atoms with E-state index in [1.54, 1.807) is 24.3 Å². The maximum Gasteiger partial charge on any atom is 0.182 e. The summed E-state index contributed by atoms with van der Waals surface area (Å²) in [6.07, 6.45) is 0. The van der Waals surface area contributed by atoms with Crippen LogP contribution in [0.15, 0.2) is 48.5 Å². The summed E-state index contributed by atoms with van der Waals surface area (Å²) >= 11 is 5.81. The Morgan fingerprint density at radius 3 is 2.21 bits per heavy atom. The first-order chi connectivity index (χ1) is 9.06. The highest BCUT2D eigenvalue weighted by molar-refractivity contribution is 6.30. The maximum atomic E-state index is 12.1. The predicted molar refractivity (Wildman–Crippen MR) is 80.2 cm³/mol. The Hall–Kier alpha value is -1.80. The highest BCUT2D eigenvalue weighted by Gasteiger charge is 2.09. The van der Waals surface area contributed by atoms with Gasteiger partial charge in [-0.15, -0.1) is 0 Å². The molecule has 0 radical (unpaired) electrons. The van der Waals surface area contributed by atoms with Crippen molar-refractivity contribution in [1.29, 1.82) is 0 Å². The van der Waals surface area contributed by atoms with E-state index in [-0.39, 0.29) is 5.78 Å². The molecule has 2 aromatic carbocycles. The van der Waals surface area contributed by atoms with Crippen LogP contribution in [0, 0.1) is 6.92 Å². The van der Waals surface area contributed by atoms with Crippen LogP contribution in [0.5, 0.6) is 0 Å². The lowest BCUT2D eigenvalue weighted by molar-refractivity contribution is 0.100. The number of benzene rings is 2. The van der Waals surface area contributed by atoms with Gasteiger partial charge in [0.05, 0.1) is 6.54 Å². The molecule has 0 aromatic heterocycles. The van der Waals surface area contributed by atoms with Crippen molar-refractivity contribution < 1.29 is 4.79 Å². The summed E-state index contributed by atoms with van der Waals surface area (Å²) in [5, 5.41) is 0.642. The molecule has 0 atom stereocenters. The van der Waals surface area contributed by atoms with Crippen molar-refractivity contribution in [3.63, 3.8) is 0 Å². The van der Waals surface area contributed by atoms with Crippen LogP contribution in [0.1, 0.15) is 15.9 Å². The van der Waals surface area contributed by atoms with Gasteiger partial charge >= 0.3 is 0 Å². The summed E-state index contributed by atoms with van der Waals surface area (Å²) in [6.45, 7) is 2.40. The summed E-state index contributed by atoms with van der Waals surface area (Å²) in [5.41, 5.74) is 2.93. The fraction of sp³-hybridized carbons (Fsp3) is 0.188. The zero-order valence-corrected chi connectivity index (χ0v) is 11.8. The van der Waals surface area contributed by atoms with E-state index in [0.29, 0.717) is 17.1 Å². The van der Waals surface area contributed by atoms with Crippen LogP contribution in [0.25, 0.3) is 0 Å². The van der Waals surface area contributed by atoms with Crippen LogP contribution >= 0.6 is 11.6 Å². The van der Waals surface area contributed by atoms with Crippen LogP contribution < -0.4 is 4.90 Å². The van der Waals surface area contributed by atoms with E-state index < -0.39 is 0 Å². The summed E-state index contributed by atoms with van der Waals surface area (Å²) in [6, 6.07) is 15.1. The first-order valence-corrected chi connectivity index (χ1v) is 6.50. The lowest BCUT2D eigenvalue weighted by Gasteiger charge is -2.18. The molecule has 0 spiro atoms. The van der Waals surface area contributed by atoms with Crippen molar-refractivity contribution in [3.05, 3.63) is 64.7 Å². The van der Waals surface area contributed by atoms with Gasteiger partial charge in [0.2, 0.25) is 0 Å². The Kier molecular flexibility index (Phi) is 4.23. The highest BCUT2D eigenvalue weighted by Crippen LogP contribution is 2.15. The van der Waals surface area contributed by atoms with Gasteiger partial charge in [-0.1, -0.05) is 29.3 Å². The smallest absolute Gasteiger partial charge is 0.182 e. The highest BCUT2D eigenvalue weighted by atomic mass is 35.5. The topological polar surface area (TPSA) is 20.3 Å². The zero-order chi connectivity index (χ0) is 13.8. The number of halogens is 1. The third kappa shape index (κ3) is 3.58. The van der Waals surface area contributed by atoms with Crippen molar-refractivity contribution in [1.82, 2.24) is 0 Å². The summed E-state index contributed by atoms with van der Waals surface area (Å²) < 4.78 is 0. The number of rotatable bonds is 4. The molecule has 98 valence electrons. The largest absolute Gasteiger partial charge is 0.367 e. The summed E-state index contributed by atoms with van der Waals surface area (Å²) in [7, 11) is 1.92. The summed E-state index contributed by atoms with van der Waals surface area (Å²) in [4.78, 5) is 14.1. The second-order valence-electron chi connectivity index (χ2n) is 4.62. The lowest BCUT2D eigenvalue weighted by atomic mass is 10.1. The van der Waals surface area contributed by atoms with E-state index in [1.165, 1.54) is 5.56 Å². The number of hydrogen-bond donors (Lipinski definition) is 0. The normalized spacial score (nSPS) is 10.3. The number of aryl methyl sites for hydroxylation is 1. The van der Waals surface area contributed by atoms with Crippen LogP contribution in [0.4, 0.5) is 5.69 Å². The predicted octanol–water partition coefficient (Wildman–Crippen LogP) is 3.97. The third-order valence-electron chi connectivity index (χ3n) is 3.02. The van der Waals surface area contributed by atoms with Crippen LogP contribution in [-0.2, 0) is 0 Å². The molecule has 0 aliphatic rings. The minimum absolute atomic E-state index is 0.0831. The monoisotopic (exact) mass is 273 g/mol. The van der Waals surface area contributed by atoms with Gasteiger partial charge in [0.25, 0.3) is 0 Å². The minimum Gasteiger partial charge on any atom is -0.367 e. The Labute approximate surface area is 118 Å². The van der Waals surface area contributed by atoms with E-state index in [2.05, 4.69) is 0 Å². The van der Waals surface area contributed by atoms with E-state index in [1.807, 2.05) is 43.1 Å². The molecule has 0 unspecified atom stereocenters. The van der Waals surface area contributed by atoms with Crippen molar-refractivity contribution in [2.24, 2.45) is 0 Å². The molecule has 0 aliphatic heterocycles. The molecule has 0 saturated carbocycles. The van der Waals surface area contributed by atoms with Gasteiger partial charge in [-0.2, -0.15) is 0 Å². The standard InChI is InChI=1S/C16H16ClNO/c1-12-3-9-15(10-4-12)18(2)11-16(19)13-5-7-14(17)8-6-13/h3-10H,11H2,1-2H3. The number of Topliss-reactive ketones (excluding diaryl/α,β-unsaturated/α-hetero) is 1. The molecule has 0 bridgehead atoms. The number of ketones is 1. The fourth-order valence-corrected chi connectivity index (χ4v) is 1.96. The molecule has 19 heavy (non-hydrogen) atoms. The van der Waals surface area contributed by atoms with Crippen molar-refractivity contribution in [2.45, 2.75) is 6.92 Å². The Bertz CT molecular complexity index is 560. The van der Waals surface area contributed by atoms with Crippen molar-refractivity contribution in [2.75, 3.05) is 18.5 Å². The minimum atomic E-state index is 0.0831. The average molecular weight is 274 g/mol. The second-order valence-corrected chi connectivity index (χ2v) is 5.06. The molecule has 0 amide bonds. The van der Waals surface area contributed by atoms with Crippen molar-refractivity contribution >= 4 is 23.1 Å². The molecule has 0 N–H and O–H groups in total. The van der Waals surface area contributed by atoms with Gasteiger partial charge in [0.15, 0.2) is 5.78 Å². The molecule has 0 fully saturated rings. The molecule has 2 aromatic rings. The van der Waals surface area contributed by atoms with Crippen LogP contribution in [0.2, 0.25) is 5.02 Å². The number of anilines is 1. The second kappa shape index (κ2) is 5.89. The van der Waals surface area contributed by atoms with Crippen molar-refractivity contribution in [3.8, 4) is 0 Å². The van der Waals surface area contributed by atoms with E-state index in [9.17, 15) is 4.79 Å². The third-order valence-corrected chi connectivity index (χ3v) is 3.27. The van der Waals surface area contributed by atoms with Gasteiger partial charge in [-0.25, -0.2) is 0 Å². The molecule has 3 heteroatoms. The molecule has 2 nitrogen and oxygen atoms in total. The van der Waals surface area contributed by atoms with Gasteiger partial charge in [0, 0.05) is 23.3 Å². The van der Waals surface area contributed by atoms with Gasteiger partial charge in [-0.05, 0) is 43.3 Å².